The number of hydrogen-bond donors (Lipinski definition) is 1. The first kappa shape index (κ1) is 12.6. The molecular formula is C17H30N2. The molecule has 0 amide bonds. The molecule has 4 saturated carbocycles. The topological polar surface area (TPSA) is 15.3 Å². The van der Waals surface area contributed by atoms with Crippen molar-refractivity contribution in [1.82, 2.24) is 10.2 Å². The van der Waals surface area contributed by atoms with Crippen molar-refractivity contribution in [2.45, 2.75) is 57.9 Å². The zero-order valence-corrected chi connectivity index (χ0v) is 12.5. The van der Waals surface area contributed by atoms with Crippen LogP contribution < -0.4 is 5.32 Å². The third-order valence-electron chi connectivity index (χ3n) is 6.71. The molecule has 0 spiro atoms. The van der Waals surface area contributed by atoms with Crippen LogP contribution in [0.1, 0.15) is 51.9 Å². The molecule has 5 fully saturated rings. The van der Waals surface area contributed by atoms with Gasteiger partial charge in [-0.05, 0) is 74.7 Å². The summed E-state index contributed by atoms with van der Waals surface area (Å²) in [6.07, 6.45) is 11.0. The summed E-state index contributed by atoms with van der Waals surface area (Å²) >= 11 is 0. The molecule has 2 heteroatoms. The highest BCUT2D eigenvalue weighted by Gasteiger charge is 2.51. The van der Waals surface area contributed by atoms with Crippen molar-refractivity contribution in [2.75, 3.05) is 26.2 Å². The Labute approximate surface area is 118 Å². The van der Waals surface area contributed by atoms with Crippen molar-refractivity contribution in [3.05, 3.63) is 0 Å². The molecule has 1 unspecified atom stereocenters. The molecule has 1 heterocycles. The van der Waals surface area contributed by atoms with E-state index < -0.39 is 0 Å². The van der Waals surface area contributed by atoms with Gasteiger partial charge in [0, 0.05) is 25.7 Å². The van der Waals surface area contributed by atoms with E-state index in [0.29, 0.717) is 0 Å². The van der Waals surface area contributed by atoms with Crippen LogP contribution in [0.4, 0.5) is 0 Å². The van der Waals surface area contributed by atoms with E-state index in [4.69, 9.17) is 0 Å². The van der Waals surface area contributed by atoms with Gasteiger partial charge in [0.1, 0.15) is 0 Å². The number of nitrogens with one attached hydrogen (secondary N) is 1. The van der Waals surface area contributed by atoms with Gasteiger partial charge in [-0.25, -0.2) is 0 Å². The summed E-state index contributed by atoms with van der Waals surface area (Å²) in [4.78, 5) is 2.75. The first-order chi connectivity index (χ1) is 9.26. The Hall–Kier alpha value is -0.0800. The molecule has 1 saturated heterocycles. The SMILES string of the molecule is CCN1CCNCC1CC12CC3CC(CC(C3)C1)C2. The van der Waals surface area contributed by atoms with Crippen LogP contribution in [-0.4, -0.2) is 37.1 Å². The van der Waals surface area contributed by atoms with Crippen molar-refractivity contribution in [2.24, 2.45) is 23.2 Å². The minimum atomic E-state index is 0.756. The van der Waals surface area contributed by atoms with E-state index in [9.17, 15) is 0 Å². The van der Waals surface area contributed by atoms with Gasteiger partial charge in [-0.2, -0.15) is 0 Å². The molecular weight excluding hydrogens is 232 g/mol. The fourth-order valence-electron chi connectivity index (χ4n) is 6.46. The molecule has 0 aromatic heterocycles. The van der Waals surface area contributed by atoms with Crippen LogP contribution in [-0.2, 0) is 0 Å². The Morgan fingerprint density at radius 1 is 1.05 bits per heavy atom. The molecule has 5 rings (SSSR count). The monoisotopic (exact) mass is 262 g/mol. The highest BCUT2D eigenvalue weighted by molar-refractivity contribution is 5.03. The van der Waals surface area contributed by atoms with E-state index >= 15 is 0 Å². The predicted molar refractivity (Wildman–Crippen MR) is 79.1 cm³/mol. The third kappa shape index (κ3) is 2.25. The fraction of sp³-hybridized carbons (Fsp3) is 1.00. The molecule has 0 aromatic carbocycles. The maximum absolute atomic E-state index is 3.64. The molecule has 2 nitrogen and oxygen atoms in total. The van der Waals surface area contributed by atoms with Crippen molar-refractivity contribution >= 4 is 0 Å². The standard InChI is InChI=1S/C17H30N2/c1-2-19-4-3-18-12-16(19)11-17-8-13-5-14(9-17)7-15(6-13)10-17/h13-16,18H,2-12H2,1H3. The van der Waals surface area contributed by atoms with E-state index in [0.717, 1.165) is 29.2 Å². The second kappa shape index (κ2) is 4.73. The molecule has 4 aliphatic carbocycles. The van der Waals surface area contributed by atoms with E-state index in [1.165, 1.54) is 32.6 Å². The van der Waals surface area contributed by atoms with Crippen molar-refractivity contribution in [3.63, 3.8) is 0 Å². The van der Waals surface area contributed by atoms with Gasteiger partial charge in [-0.1, -0.05) is 6.92 Å². The molecule has 0 radical (unpaired) electrons. The third-order valence-corrected chi connectivity index (χ3v) is 6.71. The maximum atomic E-state index is 3.64. The minimum Gasteiger partial charge on any atom is -0.314 e. The van der Waals surface area contributed by atoms with E-state index in [1.54, 1.807) is 38.5 Å². The Kier molecular flexibility index (Phi) is 3.15. The van der Waals surface area contributed by atoms with E-state index in [-0.39, 0.29) is 0 Å². The largest absolute Gasteiger partial charge is 0.314 e. The zero-order valence-electron chi connectivity index (χ0n) is 12.5. The Morgan fingerprint density at radius 3 is 2.26 bits per heavy atom. The molecule has 19 heavy (non-hydrogen) atoms. The van der Waals surface area contributed by atoms with Gasteiger partial charge in [0.25, 0.3) is 0 Å². The van der Waals surface area contributed by atoms with Gasteiger partial charge in [0.05, 0.1) is 0 Å². The smallest absolute Gasteiger partial charge is 0.0226 e. The minimum absolute atomic E-state index is 0.756. The summed E-state index contributed by atoms with van der Waals surface area (Å²) in [7, 11) is 0. The lowest BCUT2D eigenvalue weighted by molar-refractivity contribution is -0.0711. The number of piperazine rings is 1. The molecule has 1 atom stereocenters. The van der Waals surface area contributed by atoms with Crippen LogP contribution in [0.3, 0.4) is 0 Å². The second-order valence-corrected chi connectivity index (χ2v) is 8.11. The number of rotatable bonds is 3. The van der Waals surface area contributed by atoms with E-state index in [2.05, 4.69) is 17.1 Å². The van der Waals surface area contributed by atoms with Crippen LogP contribution in [0.2, 0.25) is 0 Å². The lowest BCUT2D eigenvalue weighted by Crippen LogP contribution is -2.55. The second-order valence-electron chi connectivity index (χ2n) is 8.11. The Bertz CT molecular complexity index is 303. The Morgan fingerprint density at radius 2 is 1.68 bits per heavy atom. The number of likely N-dealkylation sites (N-methyl/N-ethyl adjacent to an activating group) is 1. The highest BCUT2D eigenvalue weighted by atomic mass is 15.2. The average molecular weight is 262 g/mol. The molecule has 5 aliphatic rings. The normalized spacial score (nSPS) is 49.7. The van der Waals surface area contributed by atoms with Crippen LogP contribution >= 0.6 is 0 Å². The van der Waals surface area contributed by atoms with E-state index in [1.807, 2.05) is 0 Å². The van der Waals surface area contributed by atoms with Crippen LogP contribution in [0.15, 0.2) is 0 Å². The quantitative estimate of drug-likeness (QED) is 0.841. The molecule has 4 bridgehead atoms. The van der Waals surface area contributed by atoms with Gasteiger partial charge in [-0.3, -0.25) is 4.90 Å². The summed E-state index contributed by atoms with van der Waals surface area (Å²) < 4.78 is 0. The van der Waals surface area contributed by atoms with Crippen LogP contribution in [0.25, 0.3) is 0 Å². The number of nitrogens with zero attached hydrogens (tertiary/aromatic N) is 1. The van der Waals surface area contributed by atoms with Crippen LogP contribution in [0.5, 0.6) is 0 Å². The van der Waals surface area contributed by atoms with Gasteiger partial charge >= 0.3 is 0 Å². The summed E-state index contributed by atoms with van der Waals surface area (Å²) in [5.41, 5.74) is 0.756. The fourth-order valence-corrected chi connectivity index (χ4v) is 6.46. The zero-order chi connectivity index (χ0) is 12.9. The lowest BCUT2D eigenvalue weighted by Gasteiger charge is -2.58. The molecule has 0 aromatic rings. The predicted octanol–water partition coefficient (Wildman–Crippen LogP) is 2.89. The molecule has 1 N–H and O–H groups in total. The summed E-state index contributed by atoms with van der Waals surface area (Å²) in [5.74, 6) is 3.33. The van der Waals surface area contributed by atoms with Gasteiger partial charge < -0.3 is 5.32 Å². The number of hydrogen-bond acceptors (Lipinski definition) is 2. The van der Waals surface area contributed by atoms with Crippen LogP contribution in [0, 0.1) is 23.2 Å². The first-order valence-electron chi connectivity index (χ1n) is 8.71. The van der Waals surface area contributed by atoms with Gasteiger partial charge in [-0.15, -0.1) is 0 Å². The Balaban J connectivity index is 1.49. The molecule has 1 aliphatic heterocycles. The highest BCUT2D eigenvalue weighted by Crippen LogP contribution is 2.61. The first-order valence-corrected chi connectivity index (χ1v) is 8.71. The average Bonchev–Trinajstić information content (AvgIpc) is 2.37. The lowest BCUT2D eigenvalue weighted by atomic mass is 9.48. The summed E-state index contributed by atoms with van der Waals surface area (Å²) in [6, 6.07) is 0.829. The maximum Gasteiger partial charge on any atom is 0.0226 e. The van der Waals surface area contributed by atoms with Gasteiger partial charge in [0.15, 0.2) is 0 Å². The van der Waals surface area contributed by atoms with Crippen molar-refractivity contribution < 1.29 is 0 Å². The summed E-state index contributed by atoms with van der Waals surface area (Å²) in [6.45, 7) is 7.31. The van der Waals surface area contributed by atoms with Crippen molar-refractivity contribution in [3.8, 4) is 0 Å². The van der Waals surface area contributed by atoms with Crippen molar-refractivity contribution in [1.29, 1.82) is 0 Å². The summed E-state index contributed by atoms with van der Waals surface area (Å²) in [5, 5.41) is 3.64. The molecule has 108 valence electrons. The van der Waals surface area contributed by atoms with Gasteiger partial charge in [0.2, 0.25) is 0 Å².